The van der Waals surface area contributed by atoms with Crippen molar-refractivity contribution in [2.45, 2.75) is 45.4 Å². The predicted molar refractivity (Wildman–Crippen MR) is 63.7 cm³/mol. The number of unbranched alkanes of at least 4 members (excludes halogenated alkanes) is 5. The molecule has 0 aromatic rings. The Hall–Kier alpha value is 0.580. The van der Waals surface area contributed by atoms with Crippen LogP contribution in [0.25, 0.3) is 0 Å². The van der Waals surface area contributed by atoms with Gasteiger partial charge in [0, 0.05) is 6.54 Å². The van der Waals surface area contributed by atoms with E-state index in [0.29, 0.717) is 6.42 Å². The number of nitrogens with zero attached hydrogens (tertiary/aromatic N) is 1. The fourth-order valence-electron chi connectivity index (χ4n) is 1.79. The maximum Gasteiger partial charge on any atom is 0.0970 e. The molecule has 0 amide bonds. The molecular weight excluding hydrogens is 292 g/mol. The van der Waals surface area contributed by atoms with E-state index in [9.17, 15) is 29.4 Å². The molecule has 0 spiro atoms. The highest BCUT2D eigenvalue weighted by Crippen LogP contribution is 2.34. The first kappa shape index (κ1) is 19.6. The normalized spacial score (nSPS) is 13.3. The molecule has 0 rings (SSSR count). The van der Waals surface area contributed by atoms with Crippen molar-refractivity contribution in [3.63, 3.8) is 0 Å². The first-order valence-corrected chi connectivity index (χ1v) is 9.84. The van der Waals surface area contributed by atoms with Gasteiger partial charge in [0.05, 0.1) is 12.6 Å². The van der Waals surface area contributed by atoms with Crippen molar-refractivity contribution in [3.05, 3.63) is 0 Å². The minimum Gasteiger partial charge on any atom is -0.687 e. The third kappa shape index (κ3) is 14.8. The molecule has 19 heavy (non-hydrogen) atoms. The van der Waals surface area contributed by atoms with Crippen LogP contribution in [-0.2, 0) is 0 Å². The highest BCUT2D eigenvalue weighted by molar-refractivity contribution is 7.55. The summed E-state index contributed by atoms with van der Waals surface area (Å²) in [6.45, 7) is 2.22. The second-order valence-corrected chi connectivity index (χ2v) is 7.68. The number of hydrogen-bond acceptors (Lipinski definition) is 7. The van der Waals surface area contributed by atoms with Gasteiger partial charge in [-0.05, 0) is 6.42 Å². The van der Waals surface area contributed by atoms with Gasteiger partial charge in [-0.1, -0.05) is 39.0 Å². The van der Waals surface area contributed by atoms with E-state index in [2.05, 4.69) is 6.92 Å². The molecule has 7 nitrogen and oxygen atoms in total. The Morgan fingerprint density at radius 1 is 0.684 bits per heavy atom. The van der Waals surface area contributed by atoms with E-state index < -0.39 is 28.5 Å². The molecule has 9 heteroatoms. The summed E-state index contributed by atoms with van der Waals surface area (Å²) in [6.07, 6.45) is 3.85. The van der Waals surface area contributed by atoms with Crippen LogP contribution in [0, 0.1) is 0 Å². The summed E-state index contributed by atoms with van der Waals surface area (Å²) in [5.74, 6) is 0. The zero-order valence-corrected chi connectivity index (χ0v) is 12.9. The van der Waals surface area contributed by atoms with Crippen molar-refractivity contribution >= 4 is 15.9 Å². The van der Waals surface area contributed by atoms with E-state index in [1.807, 2.05) is 0 Å². The van der Waals surface area contributed by atoms with Gasteiger partial charge in [0.25, 0.3) is 0 Å². The molecule has 0 heterocycles. The zero-order valence-electron chi connectivity index (χ0n) is 11.2. The molecule has 0 aromatic heterocycles. The van der Waals surface area contributed by atoms with Crippen LogP contribution in [0.2, 0.25) is 0 Å². The van der Waals surface area contributed by atoms with Crippen LogP contribution in [0.5, 0.6) is 0 Å². The van der Waals surface area contributed by atoms with Gasteiger partial charge >= 0.3 is 0 Å². The molecule has 0 aliphatic rings. The van der Waals surface area contributed by atoms with E-state index in [0.717, 1.165) is 37.0 Å². The van der Waals surface area contributed by atoms with E-state index in [1.165, 1.54) is 0 Å². The monoisotopic (exact) mass is 313 g/mol. The molecule has 0 aromatic carbocycles. The average Bonchev–Trinajstić information content (AvgIpc) is 2.18. The number of hydrogen-bond donors (Lipinski definition) is 0. The van der Waals surface area contributed by atoms with Crippen molar-refractivity contribution < 1.29 is 29.4 Å². The minimum atomic E-state index is -4.85. The van der Waals surface area contributed by atoms with Gasteiger partial charge in [0.2, 0.25) is 0 Å². The van der Waals surface area contributed by atoms with Crippen molar-refractivity contribution in [3.8, 4) is 0 Å². The molecule has 0 saturated heterocycles. The van der Waals surface area contributed by atoms with Crippen LogP contribution in [0.15, 0.2) is 0 Å². The summed E-state index contributed by atoms with van der Waals surface area (Å²) >= 11 is 0. The Morgan fingerprint density at radius 2 is 1.11 bits per heavy atom. The maximum atomic E-state index is 10.6. The molecule has 0 radical (unpaired) electrons. The van der Waals surface area contributed by atoms with Crippen LogP contribution < -0.4 is 29.4 Å². The Morgan fingerprint density at radius 3 is 1.53 bits per heavy atom. The summed E-state index contributed by atoms with van der Waals surface area (Å²) < 4.78 is 0. The molecule has 0 N–H and O–H groups in total. The zero-order chi connectivity index (χ0) is 14.9. The van der Waals surface area contributed by atoms with Gasteiger partial charge in [-0.25, -0.2) is 4.90 Å². The molecule has 0 saturated carbocycles. The summed E-state index contributed by atoms with van der Waals surface area (Å²) in [4.78, 5) is 64.7. The topological polar surface area (TPSA) is 142 Å². The van der Waals surface area contributed by atoms with Crippen LogP contribution in [0.3, 0.4) is 0 Å². The Kier molecular flexibility index (Phi) is 9.79. The SMILES string of the molecule is CCCCCCCCN(C[P+]([O-])([O-])[O-])C[P+]([O-])([O-])[O-]. The van der Waals surface area contributed by atoms with E-state index in [1.54, 1.807) is 0 Å². The van der Waals surface area contributed by atoms with Crippen LogP contribution in [0.1, 0.15) is 45.4 Å². The molecule has 0 aliphatic carbocycles. The third-order valence-electron chi connectivity index (χ3n) is 2.57. The molecule has 116 valence electrons. The molecule has 0 fully saturated rings. The van der Waals surface area contributed by atoms with Crippen LogP contribution in [-0.4, -0.2) is 24.0 Å². The van der Waals surface area contributed by atoms with Gasteiger partial charge in [-0.15, -0.1) is 15.9 Å². The number of rotatable bonds is 11. The van der Waals surface area contributed by atoms with Gasteiger partial charge in [0.15, 0.2) is 0 Å². The smallest absolute Gasteiger partial charge is 0.0970 e. The molecule has 0 atom stereocenters. The lowest BCUT2D eigenvalue weighted by atomic mass is 10.1. The third-order valence-corrected chi connectivity index (χ3v) is 4.07. The first-order valence-electron chi connectivity index (χ1n) is 6.38. The maximum absolute atomic E-state index is 10.6. The van der Waals surface area contributed by atoms with Gasteiger partial charge in [0.1, 0.15) is 0 Å². The van der Waals surface area contributed by atoms with E-state index >= 15 is 0 Å². The molecule has 0 bridgehead atoms. The summed E-state index contributed by atoms with van der Waals surface area (Å²) in [5, 5.41) is 0. The average molecular weight is 313 g/mol. The van der Waals surface area contributed by atoms with Gasteiger partial charge in [-0.3, -0.25) is 0 Å². The van der Waals surface area contributed by atoms with Crippen molar-refractivity contribution in [1.82, 2.24) is 4.90 Å². The first-order chi connectivity index (χ1) is 8.64. The largest absolute Gasteiger partial charge is 0.687 e. The molecule has 0 unspecified atom stereocenters. The second-order valence-electron chi connectivity index (χ2n) is 4.67. The van der Waals surface area contributed by atoms with Crippen LogP contribution in [0.4, 0.5) is 0 Å². The lowest BCUT2D eigenvalue weighted by molar-refractivity contribution is -0.431. The second kappa shape index (κ2) is 9.50. The van der Waals surface area contributed by atoms with E-state index in [4.69, 9.17) is 0 Å². The molecular formula is C10H21NO6P2-4. The Balaban J connectivity index is 3.99. The highest BCUT2D eigenvalue weighted by Gasteiger charge is 2.13. The Labute approximate surface area is 115 Å². The predicted octanol–water partition coefficient (Wildman–Crippen LogP) is -2.75. The van der Waals surface area contributed by atoms with Gasteiger partial charge in [-0.2, -0.15) is 0 Å². The van der Waals surface area contributed by atoms with Crippen molar-refractivity contribution in [1.29, 1.82) is 0 Å². The fraction of sp³-hybridized carbons (Fsp3) is 1.00. The minimum absolute atomic E-state index is 0.134. The lowest BCUT2D eigenvalue weighted by Crippen LogP contribution is -2.47. The highest BCUT2D eigenvalue weighted by atomic mass is 31.2. The standard InChI is InChI=1S/C10H25NO6P2/c1-2-3-4-5-6-7-8-11(9-18(12,13)14)10-19(15,16)17/h2-10H2,1H3,(H2,12,13,14)(H2,15,16,17)/p-4. The Bertz CT molecular complexity index is 215. The fourth-order valence-corrected chi connectivity index (χ4v) is 3.41. The van der Waals surface area contributed by atoms with Gasteiger partial charge < -0.3 is 29.4 Å². The van der Waals surface area contributed by atoms with Crippen molar-refractivity contribution in [2.75, 3.05) is 19.1 Å². The van der Waals surface area contributed by atoms with E-state index in [-0.39, 0.29) is 6.54 Å². The summed E-state index contributed by atoms with van der Waals surface area (Å²) in [7, 11) is -9.69. The van der Waals surface area contributed by atoms with Crippen LogP contribution >= 0.6 is 15.9 Å². The molecule has 0 aliphatic heterocycles. The van der Waals surface area contributed by atoms with Crippen molar-refractivity contribution in [2.24, 2.45) is 0 Å². The quantitative estimate of drug-likeness (QED) is 0.297. The summed E-state index contributed by atoms with van der Waals surface area (Å²) in [6, 6.07) is 0. The summed E-state index contributed by atoms with van der Waals surface area (Å²) in [5.41, 5.74) is 0. The lowest BCUT2D eigenvalue weighted by Gasteiger charge is -2.49.